The topological polar surface area (TPSA) is 60.5 Å². The molecule has 28 heavy (non-hydrogen) atoms. The molecule has 0 saturated heterocycles. The molecule has 1 N–H and O–H groups in total. The van der Waals surface area contributed by atoms with Gasteiger partial charge in [0.2, 0.25) is 5.91 Å². The fourth-order valence-corrected chi connectivity index (χ4v) is 3.75. The average Bonchev–Trinajstić information content (AvgIpc) is 3.09. The number of fused-ring (bicyclic) bond motifs is 1. The fraction of sp³-hybridized carbons (Fsp3) is 0.238. The van der Waals surface area contributed by atoms with Crippen LogP contribution in [0.5, 0.6) is 11.5 Å². The van der Waals surface area contributed by atoms with E-state index < -0.39 is 0 Å². The van der Waals surface area contributed by atoms with Crippen LogP contribution in [0.2, 0.25) is 5.02 Å². The molecule has 1 amide bonds. The highest BCUT2D eigenvalue weighted by atomic mass is 35.5. The molecule has 7 heteroatoms. The number of ether oxygens (including phenoxy) is 2. The number of para-hydroxylation sites is 1. The van der Waals surface area contributed by atoms with Crippen LogP contribution in [0.3, 0.4) is 0 Å². The summed E-state index contributed by atoms with van der Waals surface area (Å²) in [5, 5.41) is 4.14. The van der Waals surface area contributed by atoms with Crippen LogP contribution in [0.15, 0.2) is 42.5 Å². The normalized spacial score (nSPS) is 11.3. The van der Waals surface area contributed by atoms with Crippen LogP contribution < -0.4 is 14.8 Å². The van der Waals surface area contributed by atoms with Gasteiger partial charge in [-0.1, -0.05) is 23.7 Å². The Kier molecular flexibility index (Phi) is 6.54. The Bertz CT molecular complexity index is 981. The number of hydrogen-bond acceptors (Lipinski definition) is 5. The van der Waals surface area contributed by atoms with E-state index in [4.69, 9.17) is 21.1 Å². The van der Waals surface area contributed by atoms with Gasteiger partial charge in [0, 0.05) is 6.08 Å². The van der Waals surface area contributed by atoms with Crippen LogP contribution in [-0.4, -0.2) is 24.1 Å². The number of aromatic nitrogens is 1. The summed E-state index contributed by atoms with van der Waals surface area (Å²) in [6.07, 6.45) is 3.11. The van der Waals surface area contributed by atoms with Crippen LogP contribution in [-0.2, 0) is 11.3 Å². The van der Waals surface area contributed by atoms with E-state index in [1.165, 1.54) is 6.08 Å². The van der Waals surface area contributed by atoms with E-state index in [2.05, 4.69) is 10.3 Å². The number of amides is 1. The number of nitrogens with zero attached hydrogens (tertiary/aromatic N) is 1. The van der Waals surface area contributed by atoms with Crippen molar-refractivity contribution in [3.05, 3.63) is 58.1 Å². The summed E-state index contributed by atoms with van der Waals surface area (Å²) in [5.74, 6) is 0.809. The minimum Gasteiger partial charge on any atom is -0.493 e. The third-order valence-corrected chi connectivity index (χ3v) is 5.10. The maximum Gasteiger partial charge on any atom is 0.244 e. The molecule has 0 atom stereocenters. The molecule has 0 aliphatic carbocycles. The highest BCUT2D eigenvalue weighted by Gasteiger charge is 2.13. The standard InChI is InChI=1S/C21H21ClN2O3S/c1-13(2)27-21-15(22)10-14(11-17(21)26-3)8-9-19(25)23-12-20-24-16-6-4-5-7-18(16)28-20/h4-11,13H,12H2,1-3H3,(H,23,25)/b9-8+. The smallest absolute Gasteiger partial charge is 0.244 e. The molecule has 146 valence electrons. The van der Waals surface area contributed by atoms with Crippen LogP contribution in [0.25, 0.3) is 16.3 Å². The van der Waals surface area contributed by atoms with Gasteiger partial charge in [0.1, 0.15) is 5.01 Å². The van der Waals surface area contributed by atoms with E-state index in [1.54, 1.807) is 36.7 Å². The van der Waals surface area contributed by atoms with Crippen LogP contribution in [0.1, 0.15) is 24.4 Å². The molecule has 0 fully saturated rings. The molecule has 0 spiro atoms. The van der Waals surface area contributed by atoms with Gasteiger partial charge in [0.05, 0.1) is 35.0 Å². The van der Waals surface area contributed by atoms with Crippen LogP contribution in [0, 0.1) is 0 Å². The Morgan fingerprint density at radius 1 is 1.32 bits per heavy atom. The van der Waals surface area contributed by atoms with E-state index >= 15 is 0 Å². The zero-order valence-corrected chi connectivity index (χ0v) is 17.4. The number of carbonyl (C=O) groups is 1. The Balaban J connectivity index is 1.65. The first-order valence-electron chi connectivity index (χ1n) is 8.81. The number of thiazole rings is 1. The molecule has 0 bridgehead atoms. The van der Waals surface area contributed by atoms with Gasteiger partial charge in [-0.3, -0.25) is 4.79 Å². The first-order valence-corrected chi connectivity index (χ1v) is 10.00. The second-order valence-corrected chi connectivity index (χ2v) is 7.85. The molecule has 1 heterocycles. The Morgan fingerprint density at radius 2 is 2.11 bits per heavy atom. The predicted molar refractivity (Wildman–Crippen MR) is 114 cm³/mol. The maximum atomic E-state index is 12.1. The minimum absolute atomic E-state index is 0.0268. The summed E-state index contributed by atoms with van der Waals surface area (Å²) in [6, 6.07) is 11.4. The molecule has 5 nitrogen and oxygen atoms in total. The van der Waals surface area contributed by atoms with Gasteiger partial charge in [-0.15, -0.1) is 11.3 Å². The SMILES string of the molecule is COc1cc(/C=C/C(=O)NCc2nc3ccccc3s2)cc(Cl)c1OC(C)C. The number of benzene rings is 2. The molecule has 0 unspecified atom stereocenters. The number of nitrogens with one attached hydrogen (secondary N) is 1. The summed E-state index contributed by atoms with van der Waals surface area (Å²) >= 11 is 7.88. The monoisotopic (exact) mass is 416 g/mol. The number of hydrogen-bond donors (Lipinski definition) is 1. The summed E-state index contributed by atoms with van der Waals surface area (Å²) in [7, 11) is 1.55. The lowest BCUT2D eigenvalue weighted by Crippen LogP contribution is -2.20. The van der Waals surface area contributed by atoms with Gasteiger partial charge in [-0.2, -0.15) is 0 Å². The molecule has 3 aromatic rings. The van der Waals surface area contributed by atoms with Crippen molar-refractivity contribution >= 4 is 45.1 Å². The summed E-state index contributed by atoms with van der Waals surface area (Å²) in [5.41, 5.74) is 1.69. The van der Waals surface area contributed by atoms with Gasteiger partial charge in [-0.25, -0.2) is 4.98 Å². The molecule has 1 aromatic heterocycles. The van der Waals surface area contributed by atoms with Crippen LogP contribution >= 0.6 is 22.9 Å². The lowest BCUT2D eigenvalue weighted by Gasteiger charge is -2.15. The molecule has 0 aliphatic rings. The highest BCUT2D eigenvalue weighted by molar-refractivity contribution is 7.18. The van der Waals surface area contributed by atoms with Gasteiger partial charge < -0.3 is 14.8 Å². The van der Waals surface area contributed by atoms with Crippen molar-refractivity contribution in [1.82, 2.24) is 10.3 Å². The predicted octanol–water partition coefficient (Wildman–Crippen LogP) is 5.08. The zero-order chi connectivity index (χ0) is 20.1. The van der Waals surface area contributed by atoms with Crippen molar-refractivity contribution in [3.63, 3.8) is 0 Å². The molecule has 3 rings (SSSR count). The lowest BCUT2D eigenvalue weighted by molar-refractivity contribution is -0.116. The van der Waals surface area contributed by atoms with E-state index in [-0.39, 0.29) is 12.0 Å². The number of carbonyl (C=O) groups excluding carboxylic acids is 1. The molecular formula is C21H21ClN2O3S. The third-order valence-electron chi connectivity index (χ3n) is 3.78. The molecular weight excluding hydrogens is 396 g/mol. The van der Waals surface area contributed by atoms with Crippen molar-refractivity contribution in [1.29, 1.82) is 0 Å². The van der Waals surface area contributed by atoms with E-state index in [0.717, 1.165) is 20.8 Å². The minimum atomic E-state index is -0.211. The second kappa shape index (κ2) is 9.08. The van der Waals surface area contributed by atoms with Gasteiger partial charge >= 0.3 is 0 Å². The van der Waals surface area contributed by atoms with Gasteiger partial charge in [0.25, 0.3) is 0 Å². The van der Waals surface area contributed by atoms with E-state index in [0.29, 0.717) is 23.1 Å². The van der Waals surface area contributed by atoms with Crippen molar-refractivity contribution < 1.29 is 14.3 Å². The molecule has 0 aliphatic heterocycles. The fourth-order valence-electron chi connectivity index (χ4n) is 2.58. The quantitative estimate of drug-likeness (QED) is 0.546. The summed E-state index contributed by atoms with van der Waals surface area (Å²) in [4.78, 5) is 16.6. The number of rotatable bonds is 7. The lowest BCUT2D eigenvalue weighted by atomic mass is 10.2. The van der Waals surface area contributed by atoms with Crippen molar-refractivity contribution in [3.8, 4) is 11.5 Å². The highest BCUT2D eigenvalue weighted by Crippen LogP contribution is 2.37. The zero-order valence-electron chi connectivity index (χ0n) is 15.9. The number of halogens is 1. The van der Waals surface area contributed by atoms with Crippen molar-refractivity contribution in [2.24, 2.45) is 0 Å². The van der Waals surface area contributed by atoms with Gasteiger partial charge in [-0.05, 0) is 49.8 Å². The number of methoxy groups -OCH3 is 1. The first-order chi connectivity index (χ1) is 13.5. The summed E-state index contributed by atoms with van der Waals surface area (Å²) in [6.45, 7) is 4.21. The Morgan fingerprint density at radius 3 is 2.82 bits per heavy atom. The first kappa shape index (κ1) is 20.2. The Hall–Kier alpha value is -2.57. The van der Waals surface area contributed by atoms with Crippen LogP contribution in [0.4, 0.5) is 0 Å². The average molecular weight is 417 g/mol. The summed E-state index contributed by atoms with van der Waals surface area (Å²) < 4.78 is 12.2. The molecule has 0 radical (unpaired) electrons. The van der Waals surface area contributed by atoms with Gasteiger partial charge in [0.15, 0.2) is 11.5 Å². The molecule has 2 aromatic carbocycles. The van der Waals surface area contributed by atoms with Crippen molar-refractivity contribution in [2.75, 3.05) is 7.11 Å². The third kappa shape index (κ3) is 5.03. The maximum absolute atomic E-state index is 12.1. The van der Waals surface area contributed by atoms with E-state index in [9.17, 15) is 4.79 Å². The van der Waals surface area contributed by atoms with Crippen molar-refractivity contribution in [2.45, 2.75) is 26.5 Å². The second-order valence-electron chi connectivity index (χ2n) is 6.33. The molecule has 0 saturated carbocycles. The largest absolute Gasteiger partial charge is 0.493 e. The van der Waals surface area contributed by atoms with E-state index in [1.807, 2.05) is 38.1 Å². The Labute approximate surface area is 173 Å².